The topological polar surface area (TPSA) is 94.4 Å². The third-order valence-electron chi connectivity index (χ3n) is 5.90. The summed E-state index contributed by atoms with van der Waals surface area (Å²) in [6, 6.07) is 15.6. The van der Waals surface area contributed by atoms with Crippen molar-refractivity contribution in [2.24, 2.45) is 0 Å². The Kier molecular flexibility index (Phi) is 7.38. The second-order valence-corrected chi connectivity index (χ2v) is 8.50. The second kappa shape index (κ2) is 10.8. The minimum atomic E-state index is -0.000983. The Bertz CT molecular complexity index is 1230. The first-order chi connectivity index (χ1) is 16.9. The molecule has 0 atom stereocenters. The molecule has 1 saturated heterocycles. The predicted octanol–water partition coefficient (Wildman–Crippen LogP) is 4.33. The van der Waals surface area contributed by atoms with Crippen molar-refractivity contribution in [1.82, 2.24) is 19.8 Å². The van der Waals surface area contributed by atoms with Crippen molar-refractivity contribution in [3.05, 3.63) is 83.6 Å². The van der Waals surface area contributed by atoms with E-state index < -0.39 is 0 Å². The zero-order valence-electron chi connectivity index (χ0n) is 20.0. The molecule has 8 nitrogen and oxygen atoms in total. The van der Waals surface area contributed by atoms with Crippen molar-refractivity contribution in [3.63, 3.8) is 0 Å². The maximum absolute atomic E-state index is 11.7. The summed E-state index contributed by atoms with van der Waals surface area (Å²) in [4.78, 5) is 24.7. The Hall–Kier alpha value is -4.22. The highest BCUT2D eigenvalue weighted by molar-refractivity contribution is 5.87. The molecule has 1 amide bonds. The molecule has 0 radical (unpaired) electrons. The standard InChI is InChI=1S/C27H28N6O2/c1-4-25(34)33-13-11-32(12-14-33)18-21-5-7-23(8-6-21)30-27-29-10-9-24(31-27)35-26-19(2)15-22(17-28)16-20(26)3/h4-10,15-16H,1,11-14,18H2,2-3H3,(H,29,30,31). The molecule has 0 saturated carbocycles. The van der Waals surface area contributed by atoms with Crippen LogP contribution in [0, 0.1) is 25.2 Å². The Morgan fingerprint density at radius 2 is 1.83 bits per heavy atom. The number of rotatable bonds is 7. The summed E-state index contributed by atoms with van der Waals surface area (Å²) in [6.07, 6.45) is 3.02. The van der Waals surface area contributed by atoms with Crippen LogP contribution in [0.2, 0.25) is 0 Å². The summed E-state index contributed by atoms with van der Waals surface area (Å²) < 4.78 is 6.01. The first-order valence-electron chi connectivity index (χ1n) is 11.5. The SMILES string of the molecule is C=CC(=O)N1CCN(Cc2ccc(Nc3nccc(Oc4c(C)cc(C#N)cc4C)n3)cc2)CC1. The van der Waals surface area contributed by atoms with Crippen LogP contribution in [0.1, 0.15) is 22.3 Å². The van der Waals surface area contributed by atoms with E-state index in [-0.39, 0.29) is 5.91 Å². The summed E-state index contributed by atoms with van der Waals surface area (Å²) in [6.45, 7) is 11.3. The molecule has 1 N–H and O–H groups in total. The van der Waals surface area contributed by atoms with Crippen LogP contribution >= 0.6 is 0 Å². The van der Waals surface area contributed by atoms with Gasteiger partial charge in [0.15, 0.2) is 0 Å². The highest BCUT2D eigenvalue weighted by atomic mass is 16.5. The number of hydrogen-bond donors (Lipinski definition) is 1. The molecule has 1 aliphatic heterocycles. The van der Waals surface area contributed by atoms with Gasteiger partial charge in [-0.05, 0) is 60.9 Å². The molecule has 0 unspecified atom stereocenters. The Morgan fingerprint density at radius 1 is 1.14 bits per heavy atom. The molecule has 1 aromatic heterocycles. The molecular formula is C27H28N6O2. The van der Waals surface area contributed by atoms with Crippen molar-refractivity contribution in [2.45, 2.75) is 20.4 Å². The second-order valence-electron chi connectivity index (χ2n) is 8.50. The lowest BCUT2D eigenvalue weighted by atomic mass is 10.1. The number of nitrogens with one attached hydrogen (secondary N) is 1. The van der Waals surface area contributed by atoms with Crippen molar-refractivity contribution in [1.29, 1.82) is 5.26 Å². The number of nitrogens with zero attached hydrogens (tertiary/aromatic N) is 5. The summed E-state index contributed by atoms with van der Waals surface area (Å²) >= 11 is 0. The van der Waals surface area contributed by atoms with Gasteiger partial charge in [-0.3, -0.25) is 9.69 Å². The summed E-state index contributed by atoms with van der Waals surface area (Å²) in [7, 11) is 0. The quantitative estimate of drug-likeness (QED) is 0.516. The molecule has 2 heterocycles. The maximum atomic E-state index is 11.7. The summed E-state index contributed by atoms with van der Waals surface area (Å²) in [5.41, 5.74) is 4.42. The molecule has 178 valence electrons. The Labute approximate surface area is 205 Å². The first kappa shape index (κ1) is 23.9. The van der Waals surface area contributed by atoms with Crippen LogP contribution in [-0.2, 0) is 11.3 Å². The predicted molar refractivity (Wildman–Crippen MR) is 135 cm³/mol. The van der Waals surface area contributed by atoms with Gasteiger partial charge in [-0.15, -0.1) is 0 Å². The van der Waals surface area contributed by atoms with Crippen molar-refractivity contribution in [2.75, 3.05) is 31.5 Å². The number of piperazine rings is 1. The third-order valence-corrected chi connectivity index (χ3v) is 5.90. The van der Waals surface area contributed by atoms with Gasteiger partial charge in [0.05, 0.1) is 11.6 Å². The fraction of sp³-hybridized carbons (Fsp3) is 0.259. The average molecular weight is 469 g/mol. The van der Waals surface area contributed by atoms with Crippen LogP contribution in [0.15, 0.2) is 61.3 Å². The van der Waals surface area contributed by atoms with Gasteiger partial charge in [0.2, 0.25) is 17.7 Å². The number of nitriles is 1. The molecule has 0 bridgehead atoms. The van der Waals surface area contributed by atoms with Crippen molar-refractivity contribution < 1.29 is 9.53 Å². The van der Waals surface area contributed by atoms with Crippen LogP contribution in [0.4, 0.5) is 11.6 Å². The molecule has 35 heavy (non-hydrogen) atoms. The van der Waals surface area contributed by atoms with Crippen LogP contribution in [0.3, 0.4) is 0 Å². The molecule has 0 spiro atoms. The number of anilines is 2. The number of ether oxygens (including phenoxy) is 1. The lowest BCUT2D eigenvalue weighted by Gasteiger charge is -2.34. The smallest absolute Gasteiger partial charge is 0.246 e. The number of amides is 1. The van der Waals surface area contributed by atoms with E-state index in [0.717, 1.165) is 49.5 Å². The number of carbonyl (C=O) groups excluding carboxylic acids is 1. The van der Waals surface area contributed by atoms with E-state index in [1.54, 1.807) is 24.4 Å². The first-order valence-corrected chi connectivity index (χ1v) is 11.5. The highest BCUT2D eigenvalue weighted by Gasteiger charge is 2.19. The van der Waals surface area contributed by atoms with E-state index in [2.05, 4.69) is 45.0 Å². The van der Waals surface area contributed by atoms with Gasteiger partial charge in [0, 0.05) is 50.7 Å². The van der Waals surface area contributed by atoms with Gasteiger partial charge < -0.3 is 15.0 Å². The monoisotopic (exact) mass is 468 g/mol. The largest absolute Gasteiger partial charge is 0.438 e. The van der Waals surface area contributed by atoms with E-state index in [1.165, 1.54) is 11.6 Å². The van der Waals surface area contributed by atoms with Gasteiger partial charge in [-0.25, -0.2) is 4.98 Å². The van der Waals surface area contributed by atoms with E-state index in [0.29, 0.717) is 23.1 Å². The Morgan fingerprint density at radius 3 is 2.46 bits per heavy atom. The Balaban J connectivity index is 1.36. The molecule has 1 aliphatic rings. The van der Waals surface area contributed by atoms with Gasteiger partial charge in [0.1, 0.15) is 5.75 Å². The molecule has 8 heteroatoms. The number of benzene rings is 2. The van der Waals surface area contributed by atoms with Crippen molar-refractivity contribution in [3.8, 4) is 17.7 Å². The van der Waals surface area contributed by atoms with Gasteiger partial charge in [-0.2, -0.15) is 10.2 Å². The summed E-state index contributed by atoms with van der Waals surface area (Å²) in [5, 5.41) is 12.4. The summed E-state index contributed by atoms with van der Waals surface area (Å²) in [5.74, 6) is 1.54. The number of hydrogen-bond acceptors (Lipinski definition) is 7. The van der Waals surface area contributed by atoms with Crippen LogP contribution in [0.25, 0.3) is 0 Å². The third kappa shape index (κ3) is 6.02. The van der Waals surface area contributed by atoms with E-state index in [9.17, 15) is 4.79 Å². The molecule has 1 fully saturated rings. The van der Waals surface area contributed by atoms with Crippen LogP contribution < -0.4 is 10.1 Å². The molecular weight excluding hydrogens is 440 g/mol. The van der Waals surface area contributed by atoms with E-state index >= 15 is 0 Å². The zero-order valence-corrected chi connectivity index (χ0v) is 20.0. The minimum Gasteiger partial charge on any atom is -0.438 e. The number of carbonyl (C=O) groups is 1. The zero-order chi connectivity index (χ0) is 24.8. The van der Waals surface area contributed by atoms with Gasteiger partial charge in [0.25, 0.3) is 0 Å². The minimum absolute atomic E-state index is 0.000983. The van der Waals surface area contributed by atoms with Crippen molar-refractivity contribution >= 4 is 17.5 Å². The van der Waals surface area contributed by atoms with E-state index in [1.807, 2.05) is 30.9 Å². The molecule has 3 aromatic rings. The molecule has 4 rings (SSSR count). The van der Waals surface area contributed by atoms with E-state index in [4.69, 9.17) is 10.00 Å². The molecule has 2 aromatic carbocycles. The normalized spacial score (nSPS) is 13.7. The van der Waals surface area contributed by atoms with Gasteiger partial charge in [-0.1, -0.05) is 18.7 Å². The lowest BCUT2D eigenvalue weighted by Crippen LogP contribution is -2.47. The fourth-order valence-corrected chi connectivity index (χ4v) is 4.08. The molecule has 0 aliphatic carbocycles. The number of aromatic nitrogens is 2. The average Bonchev–Trinajstić information content (AvgIpc) is 2.87. The lowest BCUT2D eigenvalue weighted by molar-refractivity contribution is -0.127. The van der Waals surface area contributed by atoms with Crippen LogP contribution in [0.5, 0.6) is 11.6 Å². The number of aryl methyl sites for hydroxylation is 2. The highest BCUT2D eigenvalue weighted by Crippen LogP contribution is 2.29. The maximum Gasteiger partial charge on any atom is 0.246 e. The fourth-order valence-electron chi connectivity index (χ4n) is 4.08. The van der Waals surface area contributed by atoms with Crippen LogP contribution in [-0.4, -0.2) is 51.9 Å². The van der Waals surface area contributed by atoms with Gasteiger partial charge >= 0.3 is 0 Å².